The molecule has 0 spiro atoms. The van der Waals surface area contributed by atoms with Gasteiger partial charge >= 0.3 is 0 Å². The highest BCUT2D eigenvalue weighted by Gasteiger charge is 2.41. The fourth-order valence-electron chi connectivity index (χ4n) is 3.68. The molecule has 1 fully saturated rings. The first-order valence-corrected chi connectivity index (χ1v) is 6.68. The first kappa shape index (κ1) is 9.77. The molecule has 4 rings (SSSR count). The normalized spacial score (nSPS) is 30.2. The molecule has 1 N–H and O–H groups in total. The number of hydrogen-bond donors (Lipinski definition) is 1. The van der Waals surface area contributed by atoms with E-state index < -0.39 is 0 Å². The molecule has 0 radical (unpaired) electrons. The predicted molar refractivity (Wildman–Crippen MR) is 67.9 cm³/mol. The number of fused-ring (bicyclic) bond motifs is 3. The van der Waals surface area contributed by atoms with Crippen LogP contribution in [0.25, 0.3) is 0 Å². The van der Waals surface area contributed by atoms with Gasteiger partial charge in [-0.25, -0.2) is 0 Å². The summed E-state index contributed by atoms with van der Waals surface area (Å²) in [5.41, 5.74) is 2.89. The molecule has 3 heterocycles. The van der Waals surface area contributed by atoms with E-state index in [1.165, 1.54) is 30.6 Å². The fraction of sp³-hybridized carbons (Fsp3) is 0.571. The molecule has 3 aliphatic heterocycles. The maximum atomic E-state index is 5.79. The van der Waals surface area contributed by atoms with Crippen molar-refractivity contribution < 1.29 is 4.74 Å². The second-order valence-electron chi connectivity index (χ2n) is 5.26. The van der Waals surface area contributed by atoms with Gasteiger partial charge in [0.2, 0.25) is 0 Å². The standard InChI is InChI=1S/C14H18N2O/c1-3-10-11-9-15-6-2-4-12(11)16-7-8-17-13(5-1)14(10)16/h1,3,5,11-12,15H,2,4,6-9H2. The molecule has 3 nitrogen and oxygen atoms in total. The van der Waals surface area contributed by atoms with E-state index in [2.05, 4.69) is 28.4 Å². The molecule has 3 aliphatic rings. The van der Waals surface area contributed by atoms with Gasteiger partial charge in [0.1, 0.15) is 12.4 Å². The van der Waals surface area contributed by atoms with Gasteiger partial charge in [-0.15, -0.1) is 0 Å². The van der Waals surface area contributed by atoms with Crippen LogP contribution in [-0.2, 0) is 0 Å². The van der Waals surface area contributed by atoms with Crippen molar-refractivity contribution in [1.29, 1.82) is 0 Å². The maximum Gasteiger partial charge on any atom is 0.142 e. The van der Waals surface area contributed by atoms with Gasteiger partial charge in [0, 0.05) is 18.5 Å². The van der Waals surface area contributed by atoms with Gasteiger partial charge in [0.05, 0.1) is 12.2 Å². The number of hydrogen-bond acceptors (Lipinski definition) is 3. The molecule has 3 heteroatoms. The lowest BCUT2D eigenvalue weighted by atomic mass is 9.93. The van der Waals surface area contributed by atoms with Crippen LogP contribution in [-0.4, -0.2) is 32.3 Å². The van der Waals surface area contributed by atoms with Crippen LogP contribution in [0.5, 0.6) is 5.75 Å². The van der Waals surface area contributed by atoms with E-state index >= 15 is 0 Å². The number of nitrogens with zero attached hydrogens (tertiary/aromatic N) is 1. The quantitative estimate of drug-likeness (QED) is 0.734. The van der Waals surface area contributed by atoms with Crippen molar-refractivity contribution in [2.75, 3.05) is 31.1 Å². The number of benzene rings is 1. The van der Waals surface area contributed by atoms with Crippen LogP contribution in [0.3, 0.4) is 0 Å². The van der Waals surface area contributed by atoms with E-state index in [1.54, 1.807) is 0 Å². The zero-order valence-electron chi connectivity index (χ0n) is 9.98. The summed E-state index contributed by atoms with van der Waals surface area (Å²) < 4.78 is 5.79. The average Bonchev–Trinajstić information content (AvgIpc) is 2.55. The highest BCUT2D eigenvalue weighted by Crippen LogP contribution is 2.49. The highest BCUT2D eigenvalue weighted by atomic mass is 16.5. The summed E-state index contributed by atoms with van der Waals surface area (Å²) in [7, 11) is 0. The molecule has 1 aromatic carbocycles. The lowest BCUT2D eigenvalue weighted by Crippen LogP contribution is -2.39. The minimum absolute atomic E-state index is 0.661. The molecule has 0 aliphatic carbocycles. The van der Waals surface area contributed by atoms with Crippen molar-refractivity contribution >= 4 is 5.69 Å². The lowest BCUT2D eigenvalue weighted by molar-refractivity contribution is 0.301. The SMILES string of the molecule is c1cc2c3c(c1)C1CNCCCC1N3CCO2. The molecule has 17 heavy (non-hydrogen) atoms. The van der Waals surface area contributed by atoms with Gasteiger partial charge in [-0.05, 0) is 31.0 Å². The molecule has 2 unspecified atom stereocenters. The van der Waals surface area contributed by atoms with Crippen molar-refractivity contribution in [1.82, 2.24) is 5.32 Å². The zero-order valence-corrected chi connectivity index (χ0v) is 9.98. The fourth-order valence-corrected chi connectivity index (χ4v) is 3.68. The third kappa shape index (κ3) is 1.32. The van der Waals surface area contributed by atoms with Crippen LogP contribution in [0.4, 0.5) is 5.69 Å². The van der Waals surface area contributed by atoms with Crippen molar-refractivity contribution in [2.24, 2.45) is 0 Å². The topological polar surface area (TPSA) is 24.5 Å². The molecular formula is C14H18N2O. The van der Waals surface area contributed by atoms with E-state index in [1.807, 2.05) is 0 Å². The smallest absolute Gasteiger partial charge is 0.142 e. The third-order valence-corrected chi connectivity index (χ3v) is 4.39. The second kappa shape index (κ2) is 3.64. The van der Waals surface area contributed by atoms with Gasteiger partial charge in [0.25, 0.3) is 0 Å². The summed E-state index contributed by atoms with van der Waals surface area (Å²) in [6.07, 6.45) is 2.60. The van der Waals surface area contributed by atoms with E-state index in [9.17, 15) is 0 Å². The van der Waals surface area contributed by atoms with Gasteiger partial charge < -0.3 is 15.0 Å². The van der Waals surface area contributed by atoms with Gasteiger partial charge in [-0.3, -0.25) is 0 Å². The van der Waals surface area contributed by atoms with Crippen molar-refractivity contribution in [3.63, 3.8) is 0 Å². The molecule has 0 aromatic heterocycles. The largest absolute Gasteiger partial charge is 0.490 e. The zero-order chi connectivity index (χ0) is 11.2. The van der Waals surface area contributed by atoms with Crippen LogP contribution in [0, 0.1) is 0 Å². The van der Waals surface area contributed by atoms with E-state index in [0.717, 1.165) is 25.4 Å². The number of para-hydroxylation sites is 1. The Hall–Kier alpha value is -1.22. The summed E-state index contributed by atoms with van der Waals surface area (Å²) in [4.78, 5) is 2.60. The number of ether oxygens (including phenoxy) is 1. The molecule has 0 saturated carbocycles. The maximum absolute atomic E-state index is 5.79. The van der Waals surface area contributed by atoms with E-state index in [-0.39, 0.29) is 0 Å². The summed E-state index contributed by atoms with van der Waals surface area (Å²) in [6.45, 7) is 4.20. The van der Waals surface area contributed by atoms with Crippen LogP contribution in [0.2, 0.25) is 0 Å². The minimum Gasteiger partial charge on any atom is -0.490 e. The Labute approximate surface area is 102 Å². The number of rotatable bonds is 0. The summed E-state index contributed by atoms with van der Waals surface area (Å²) >= 11 is 0. The Bertz CT molecular complexity index is 446. The van der Waals surface area contributed by atoms with Crippen molar-refractivity contribution in [3.8, 4) is 5.75 Å². The van der Waals surface area contributed by atoms with Crippen molar-refractivity contribution in [2.45, 2.75) is 24.8 Å². The molecule has 0 amide bonds. The average molecular weight is 230 g/mol. The lowest BCUT2D eigenvalue weighted by Gasteiger charge is -2.33. The van der Waals surface area contributed by atoms with Crippen molar-refractivity contribution in [3.05, 3.63) is 23.8 Å². The molecule has 1 saturated heterocycles. The van der Waals surface area contributed by atoms with Gasteiger partial charge in [-0.1, -0.05) is 12.1 Å². The van der Waals surface area contributed by atoms with Crippen LogP contribution >= 0.6 is 0 Å². The molecule has 0 bridgehead atoms. The summed E-state index contributed by atoms with van der Waals surface area (Å²) in [5, 5.41) is 3.58. The highest BCUT2D eigenvalue weighted by molar-refractivity contribution is 5.71. The third-order valence-electron chi connectivity index (χ3n) is 4.39. The first-order chi connectivity index (χ1) is 8.45. The molecule has 90 valence electrons. The number of nitrogens with one attached hydrogen (secondary N) is 1. The molecule has 2 atom stereocenters. The minimum atomic E-state index is 0.661. The second-order valence-corrected chi connectivity index (χ2v) is 5.26. The number of anilines is 1. The summed E-state index contributed by atoms with van der Waals surface area (Å²) in [5.74, 6) is 1.76. The first-order valence-electron chi connectivity index (χ1n) is 6.68. The van der Waals surface area contributed by atoms with E-state index in [4.69, 9.17) is 4.74 Å². The van der Waals surface area contributed by atoms with E-state index in [0.29, 0.717) is 12.0 Å². The van der Waals surface area contributed by atoms with Crippen LogP contribution in [0.15, 0.2) is 18.2 Å². The molecule has 1 aromatic rings. The monoisotopic (exact) mass is 230 g/mol. The molecular weight excluding hydrogens is 212 g/mol. The van der Waals surface area contributed by atoms with Gasteiger partial charge in [0.15, 0.2) is 0 Å². The Morgan fingerprint density at radius 1 is 1.35 bits per heavy atom. The Morgan fingerprint density at radius 3 is 3.35 bits per heavy atom. The van der Waals surface area contributed by atoms with Crippen LogP contribution < -0.4 is 15.0 Å². The Kier molecular flexibility index (Phi) is 2.09. The Morgan fingerprint density at radius 2 is 2.35 bits per heavy atom. The predicted octanol–water partition coefficient (Wildman–Crippen LogP) is 1.73. The van der Waals surface area contributed by atoms with Gasteiger partial charge in [-0.2, -0.15) is 0 Å². The summed E-state index contributed by atoms with van der Waals surface area (Å²) in [6, 6.07) is 7.25. The van der Waals surface area contributed by atoms with Crippen LogP contribution in [0.1, 0.15) is 24.3 Å². The Balaban J connectivity index is 1.85.